The Kier molecular flexibility index (Phi) is 2.92. The van der Waals surface area contributed by atoms with Gasteiger partial charge in [-0.2, -0.15) is 5.26 Å². The van der Waals surface area contributed by atoms with Gasteiger partial charge >= 0.3 is 0 Å². The molecule has 1 aliphatic rings. The molecule has 0 saturated heterocycles. The number of rotatable bonds is 1. The van der Waals surface area contributed by atoms with E-state index in [-0.39, 0.29) is 0 Å². The summed E-state index contributed by atoms with van der Waals surface area (Å²) in [6.45, 7) is 2.20. The maximum Gasteiger partial charge on any atom is 0.101 e. The molecule has 2 aromatic rings. The molecule has 0 N–H and O–H groups in total. The number of benzene rings is 1. The first-order chi connectivity index (χ1) is 9.31. The quantitative estimate of drug-likeness (QED) is 0.777. The molecule has 3 nitrogen and oxygen atoms in total. The maximum absolute atomic E-state index is 9.28. The highest BCUT2D eigenvalue weighted by molar-refractivity contribution is 5.72. The van der Waals surface area contributed by atoms with Crippen molar-refractivity contribution in [3.63, 3.8) is 0 Å². The highest BCUT2D eigenvalue weighted by atomic mass is 15.2. The molecule has 1 atom stereocenters. The van der Waals surface area contributed by atoms with Gasteiger partial charge in [0, 0.05) is 17.9 Å². The topological polar surface area (TPSA) is 39.9 Å². The molecule has 0 saturated carbocycles. The molecule has 1 unspecified atom stereocenters. The summed E-state index contributed by atoms with van der Waals surface area (Å²) < 4.78 is 0. The van der Waals surface area contributed by atoms with Crippen LogP contribution >= 0.6 is 0 Å². The van der Waals surface area contributed by atoms with E-state index < -0.39 is 0 Å². The first-order valence-electron chi connectivity index (χ1n) is 6.52. The molecule has 3 heteroatoms. The van der Waals surface area contributed by atoms with Crippen LogP contribution in [0, 0.1) is 11.3 Å². The van der Waals surface area contributed by atoms with Gasteiger partial charge in [-0.3, -0.25) is 4.98 Å². The molecule has 0 spiro atoms. The second kappa shape index (κ2) is 4.74. The summed E-state index contributed by atoms with van der Waals surface area (Å²) in [4.78, 5) is 6.42. The minimum atomic E-state index is 0.381. The van der Waals surface area contributed by atoms with Crippen LogP contribution in [-0.2, 0) is 6.42 Å². The standard InChI is InChI=1S/C16H15N3/c1-12-6-7-13-4-2-3-5-15(13)19(12)16-11-18-9-8-14(16)10-17/h2-5,8-9,11-12H,6-7H2,1H3. The summed E-state index contributed by atoms with van der Waals surface area (Å²) in [5.41, 5.74) is 4.13. The molecule has 19 heavy (non-hydrogen) atoms. The van der Waals surface area contributed by atoms with Crippen LogP contribution in [0.4, 0.5) is 11.4 Å². The van der Waals surface area contributed by atoms with Gasteiger partial charge in [0.05, 0.1) is 17.4 Å². The summed E-state index contributed by atoms with van der Waals surface area (Å²) in [6, 6.07) is 12.8. The lowest BCUT2D eigenvalue weighted by Gasteiger charge is -2.37. The van der Waals surface area contributed by atoms with Crippen molar-refractivity contribution in [2.24, 2.45) is 0 Å². The Labute approximate surface area is 113 Å². The summed E-state index contributed by atoms with van der Waals surface area (Å²) in [7, 11) is 0. The van der Waals surface area contributed by atoms with Gasteiger partial charge in [-0.05, 0) is 37.5 Å². The third kappa shape index (κ3) is 1.96. The predicted octanol–water partition coefficient (Wildman–Crippen LogP) is 3.43. The van der Waals surface area contributed by atoms with Crippen molar-refractivity contribution in [2.45, 2.75) is 25.8 Å². The average Bonchev–Trinajstić information content (AvgIpc) is 2.47. The van der Waals surface area contributed by atoms with Crippen LogP contribution in [0.25, 0.3) is 0 Å². The zero-order valence-corrected chi connectivity index (χ0v) is 10.9. The van der Waals surface area contributed by atoms with Crippen molar-refractivity contribution in [1.29, 1.82) is 5.26 Å². The van der Waals surface area contributed by atoms with Crippen LogP contribution in [0.5, 0.6) is 0 Å². The molecule has 3 rings (SSSR count). The number of fused-ring (bicyclic) bond motifs is 1. The Morgan fingerprint density at radius 1 is 1.26 bits per heavy atom. The van der Waals surface area contributed by atoms with Crippen LogP contribution in [0.2, 0.25) is 0 Å². The molecule has 94 valence electrons. The number of hydrogen-bond donors (Lipinski definition) is 0. The number of pyridine rings is 1. The molecule has 0 bridgehead atoms. The second-order valence-electron chi connectivity index (χ2n) is 4.89. The highest BCUT2D eigenvalue weighted by Crippen LogP contribution is 2.37. The number of nitriles is 1. The van der Waals surface area contributed by atoms with Crippen molar-refractivity contribution in [3.8, 4) is 6.07 Å². The summed E-state index contributed by atoms with van der Waals surface area (Å²) in [5, 5.41) is 9.28. The smallest absolute Gasteiger partial charge is 0.101 e. The Morgan fingerprint density at radius 2 is 2.11 bits per heavy atom. The van der Waals surface area contributed by atoms with Gasteiger partial charge in [-0.1, -0.05) is 18.2 Å². The van der Waals surface area contributed by atoms with E-state index in [1.165, 1.54) is 11.3 Å². The third-order valence-electron chi connectivity index (χ3n) is 3.70. The Hall–Kier alpha value is -2.34. The number of hydrogen-bond acceptors (Lipinski definition) is 3. The zero-order valence-electron chi connectivity index (χ0n) is 10.9. The summed E-state index contributed by atoms with van der Waals surface area (Å²) in [6.07, 6.45) is 5.65. The van der Waals surface area contributed by atoms with Crippen LogP contribution in [-0.4, -0.2) is 11.0 Å². The van der Waals surface area contributed by atoms with Crippen molar-refractivity contribution in [3.05, 3.63) is 53.9 Å². The molecule has 1 aliphatic heterocycles. The van der Waals surface area contributed by atoms with Crippen molar-refractivity contribution >= 4 is 11.4 Å². The van der Waals surface area contributed by atoms with E-state index in [1.807, 2.05) is 6.07 Å². The Morgan fingerprint density at radius 3 is 2.95 bits per heavy atom. The first-order valence-corrected chi connectivity index (χ1v) is 6.52. The van der Waals surface area contributed by atoms with Gasteiger partial charge in [0.15, 0.2) is 0 Å². The van der Waals surface area contributed by atoms with Crippen molar-refractivity contribution in [1.82, 2.24) is 4.98 Å². The number of anilines is 2. The minimum Gasteiger partial charge on any atom is -0.336 e. The summed E-state index contributed by atoms with van der Waals surface area (Å²) >= 11 is 0. The lowest BCUT2D eigenvalue weighted by Crippen LogP contribution is -2.33. The van der Waals surface area contributed by atoms with E-state index in [9.17, 15) is 5.26 Å². The van der Waals surface area contributed by atoms with Crippen LogP contribution in [0.3, 0.4) is 0 Å². The first kappa shape index (κ1) is 11.7. The lowest BCUT2D eigenvalue weighted by molar-refractivity contribution is 0.617. The number of aryl methyl sites for hydroxylation is 1. The van der Waals surface area contributed by atoms with Gasteiger partial charge in [0.1, 0.15) is 6.07 Å². The monoisotopic (exact) mass is 249 g/mol. The molecular formula is C16H15N3. The fraction of sp³-hybridized carbons (Fsp3) is 0.250. The molecule has 1 aromatic heterocycles. The number of para-hydroxylation sites is 1. The fourth-order valence-corrected chi connectivity index (χ4v) is 2.73. The van der Waals surface area contributed by atoms with Crippen molar-refractivity contribution < 1.29 is 0 Å². The van der Waals surface area contributed by atoms with E-state index in [1.54, 1.807) is 18.5 Å². The Balaban J connectivity index is 2.17. The minimum absolute atomic E-state index is 0.381. The van der Waals surface area contributed by atoms with Gasteiger partial charge in [0.25, 0.3) is 0 Å². The van der Waals surface area contributed by atoms with E-state index in [0.29, 0.717) is 11.6 Å². The van der Waals surface area contributed by atoms with Gasteiger partial charge in [0.2, 0.25) is 0 Å². The highest BCUT2D eigenvalue weighted by Gasteiger charge is 2.25. The second-order valence-corrected chi connectivity index (χ2v) is 4.89. The van der Waals surface area contributed by atoms with Gasteiger partial charge in [-0.15, -0.1) is 0 Å². The zero-order chi connectivity index (χ0) is 13.2. The Bertz CT molecular complexity index is 642. The lowest BCUT2D eigenvalue weighted by atomic mass is 9.95. The fourth-order valence-electron chi connectivity index (χ4n) is 2.73. The molecule has 1 aromatic carbocycles. The molecule has 0 radical (unpaired) electrons. The summed E-state index contributed by atoms with van der Waals surface area (Å²) in [5.74, 6) is 0. The van der Waals surface area contributed by atoms with E-state index in [0.717, 1.165) is 18.5 Å². The van der Waals surface area contributed by atoms with Crippen LogP contribution in [0.1, 0.15) is 24.5 Å². The maximum atomic E-state index is 9.28. The molecule has 0 aliphatic carbocycles. The molecule has 2 heterocycles. The average molecular weight is 249 g/mol. The van der Waals surface area contributed by atoms with Gasteiger partial charge < -0.3 is 4.90 Å². The molecular weight excluding hydrogens is 234 g/mol. The molecule has 0 amide bonds. The van der Waals surface area contributed by atoms with E-state index in [2.05, 4.69) is 41.1 Å². The normalized spacial score (nSPS) is 17.7. The number of nitrogens with zero attached hydrogens (tertiary/aromatic N) is 3. The SMILES string of the molecule is CC1CCc2ccccc2N1c1cnccc1C#N. The third-order valence-corrected chi connectivity index (χ3v) is 3.70. The van der Waals surface area contributed by atoms with Crippen LogP contribution in [0.15, 0.2) is 42.7 Å². The van der Waals surface area contributed by atoms with Crippen LogP contribution < -0.4 is 4.90 Å². The number of aromatic nitrogens is 1. The predicted molar refractivity (Wildman–Crippen MR) is 75.3 cm³/mol. The van der Waals surface area contributed by atoms with Crippen molar-refractivity contribution in [2.75, 3.05) is 4.90 Å². The largest absolute Gasteiger partial charge is 0.336 e. The van der Waals surface area contributed by atoms with E-state index in [4.69, 9.17) is 0 Å². The molecule has 0 fully saturated rings. The van der Waals surface area contributed by atoms with E-state index >= 15 is 0 Å². The van der Waals surface area contributed by atoms with Gasteiger partial charge in [-0.25, -0.2) is 0 Å².